The molecule has 1 aliphatic heterocycles. The van der Waals surface area contributed by atoms with E-state index in [-0.39, 0.29) is 18.5 Å². The summed E-state index contributed by atoms with van der Waals surface area (Å²) in [5.74, 6) is -0.353. The predicted octanol–water partition coefficient (Wildman–Crippen LogP) is 3.62. The van der Waals surface area contributed by atoms with Crippen LogP contribution in [0.25, 0.3) is 16.9 Å². The molecule has 0 radical (unpaired) electrons. The number of esters is 1. The van der Waals surface area contributed by atoms with Crippen LogP contribution < -0.4 is 0 Å². The molecule has 1 atom stereocenters. The van der Waals surface area contributed by atoms with Crippen LogP contribution in [0.15, 0.2) is 66.9 Å². The molecule has 4 rings (SSSR count). The summed E-state index contributed by atoms with van der Waals surface area (Å²) in [4.78, 5) is 12.2. The van der Waals surface area contributed by atoms with Gasteiger partial charge in [0, 0.05) is 23.9 Å². The molecule has 5 nitrogen and oxygen atoms in total. The summed E-state index contributed by atoms with van der Waals surface area (Å²) >= 11 is 0. The molecule has 3 aromatic rings. The lowest BCUT2D eigenvalue weighted by atomic mass is 10.1. The van der Waals surface area contributed by atoms with Gasteiger partial charge in [0.05, 0.1) is 23.9 Å². The lowest BCUT2D eigenvalue weighted by Gasteiger charge is -2.08. The minimum Gasteiger partial charge on any atom is -0.460 e. The van der Waals surface area contributed by atoms with Crippen molar-refractivity contribution in [3.8, 4) is 16.9 Å². The molecule has 1 aromatic heterocycles. The first kappa shape index (κ1) is 16.5. The zero-order valence-corrected chi connectivity index (χ0v) is 14.4. The molecule has 0 saturated carbocycles. The van der Waals surface area contributed by atoms with Gasteiger partial charge in [-0.05, 0) is 18.6 Å². The molecule has 132 valence electrons. The Kier molecular flexibility index (Phi) is 4.80. The van der Waals surface area contributed by atoms with Gasteiger partial charge >= 0.3 is 5.97 Å². The summed E-state index contributed by atoms with van der Waals surface area (Å²) in [6, 6.07) is 19.8. The van der Waals surface area contributed by atoms with Gasteiger partial charge in [-0.3, -0.25) is 4.79 Å². The Hall–Kier alpha value is -2.92. The SMILES string of the molecule is O=C(OCc1cn(-c2ccccc2)nc1-c1ccccc1)C1CCOC1. The van der Waals surface area contributed by atoms with E-state index in [4.69, 9.17) is 14.6 Å². The van der Waals surface area contributed by atoms with Crippen molar-refractivity contribution < 1.29 is 14.3 Å². The molecule has 5 heteroatoms. The summed E-state index contributed by atoms with van der Waals surface area (Å²) < 4.78 is 12.6. The molecule has 2 heterocycles. The largest absolute Gasteiger partial charge is 0.460 e. The Balaban J connectivity index is 1.61. The molecule has 0 aliphatic carbocycles. The minimum absolute atomic E-state index is 0.153. The van der Waals surface area contributed by atoms with Gasteiger partial charge in [-0.2, -0.15) is 5.10 Å². The molecule has 0 N–H and O–H groups in total. The van der Waals surface area contributed by atoms with Gasteiger partial charge in [0.25, 0.3) is 0 Å². The molecule has 2 aromatic carbocycles. The summed E-state index contributed by atoms with van der Waals surface area (Å²) in [7, 11) is 0. The van der Waals surface area contributed by atoms with Gasteiger partial charge in [-0.25, -0.2) is 4.68 Å². The average molecular weight is 348 g/mol. The minimum atomic E-state index is -0.200. The van der Waals surface area contributed by atoms with Crippen LogP contribution in [0.4, 0.5) is 0 Å². The number of nitrogens with zero attached hydrogens (tertiary/aromatic N) is 2. The first-order chi connectivity index (χ1) is 12.8. The standard InChI is InChI=1S/C21H20N2O3/c24-21(17-11-12-25-14-17)26-15-18-13-23(19-9-5-2-6-10-19)22-20(18)16-7-3-1-4-8-16/h1-10,13,17H,11-12,14-15H2. The van der Waals surface area contributed by atoms with Crippen LogP contribution in [0.1, 0.15) is 12.0 Å². The zero-order chi connectivity index (χ0) is 17.8. The number of ether oxygens (including phenoxy) is 2. The third kappa shape index (κ3) is 3.53. The highest BCUT2D eigenvalue weighted by Gasteiger charge is 2.25. The molecular weight excluding hydrogens is 328 g/mol. The van der Waals surface area contributed by atoms with Crippen molar-refractivity contribution >= 4 is 5.97 Å². The zero-order valence-electron chi connectivity index (χ0n) is 14.4. The molecule has 1 aliphatic rings. The van der Waals surface area contributed by atoms with Gasteiger partial charge in [0.15, 0.2) is 0 Å². The fourth-order valence-electron chi connectivity index (χ4n) is 3.05. The first-order valence-electron chi connectivity index (χ1n) is 8.75. The van der Waals surface area contributed by atoms with Crippen molar-refractivity contribution in [2.45, 2.75) is 13.0 Å². The van der Waals surface area contributed by atoms with Crippen molar-refractivity contribution in [1.29, 1.82) is 0 Å². The van der Waals surface area contributed by atoms with Gasteiger partial charge in [-0.15, -0.1) is 0 Å². The molecule has 1 unspecified atom stereocenters. The topological polar surface area (TPSA) is 53.4 Å². The number of benzene rings is 2. The number of para-hydroxylation sites is 1. The van der Waals surface area contributed by atoms with Gasteiger partial charge in [-0.1, -0.05) is 48.5 Å². The Morgan fingerprint density at radius 3 is 2.54 bits per heavy atom. The number of carbonyl (C=O) groups excluding carboxylic acids is 1. The van der Waals surface area contributed by atoms with E-state index in [2.05, 4.69) is 0 Å². The molecule has 0 amide bonds. The predicted molar refractivity (Wildman–Crippen MR) is 97.7 cm³/mol. The fraction of sp³-hybridized carbons (Fsp3) is 0.238. The number of rotatable bonds is 5. The van der Waals surface area contributed by atoms with Crippen molar-refractivity contribution in [3.63, 3.8) is 0 Å². The Bertz CT molecular complexity index is 869. The summed E-state index contributed by atoms with van der Waals surface area (Å²) in [5.41, 5.74) is 3.67. The van der Waals surface area contributed by atoms with E-state index in [9.17, 15) is 4.79 Å². The van der Waals surface area contributed by atoms with Gasteiger partial charge in [0.2, 0.25) is 0 Å². The third-order valence-corrected chi connectivity index (χ3v) is 4.49. The summed E-state index contributed by atoms with van der Waals surface area (Å²) in [5, 5.41) is 4.73. The Morgan fingerprint density at radius 1 is 1.12 bits per heavy atom. The maximum atomic E-state index is 12.2. The van der Waals surface area contributed by atoms with E-state index >= 15 is 0 Å². The Morgan fingerprint density at radius 2 is 1.85 bits per heavy atom. The third-order valence-electron chi connectivity index (χ3n) is 4.49. The van der Waals surface area contributed by atoms with Gasteiger partial charge < -0.3 is 9.47 Å². The molecule has 1 fully saturated rings. The Labute approximate surface area is 152 Å². The fourth-order valence-corrected chi connectivity index (χ4v) is 3.05. The quantitative estimate of drug-likeness (QED) is 0.661. The highest BCUT2D eigenvalue weighted by molar-refractivity contribution is 5.73. The molecular formula is C21H20N2O3. The maximum absolute atomic E-state index is 12.2. The van der Waals surface area contributed by atoms with E-state index in [1.165, 1.54) is 0 Å². The van der Waals surface area contributed by atoms with Crippen LogP contribution in [-0.4, -0.2) is 29.0 Å². The van der Waals surface area contributed by atoms with Crippen molar-refractivity contribution in [2.75, 3.05) is 13.2 Å². The lowest BCUT2D eigenvalue weighted by molar-refractivity contribution is -0.149. The van der Waals surface area contributed by atoms with Crippen LogP contribution in [0.2, 0.25) is 0 Å². The molecule has 0 bridgehead atoms. The van der Waals surface area contributed by atoms with Crippen LogP contribution >= 0.6 is 0 Å². The van der Waals surface area contributed by atoms with Crippen molar-refractivity contribution in [2.24, 2.45) is 5.92 Å². The molecule has 26 heavy (non-hydrogen) atoms. The smallest absolute Gasteiger partial charge is 0.311 e. The lowest BCUT2D eigenvalue weighted by Crippen LogP contribution is -2.17. The second-order valence-electron chi connectivity index (χ2n) is 6.32. The average Bonchev–Trinajstić information content (AvgIpc) is 3.38. The second kappa shape index (κ2) is 7.54. The van der Waals surface area contributed by atoms with E-state index < -0.39 is 0 Å². The highest BCUT2D eigenvalue weighted by Crippen LogP contribution is 2.25. The number of carbonyl (C=O) groups is 1. The summed E-state index contributed by atoms with van der Waals surface area (Å²) in [6.07, 6.45) is 2.66. The van der Waals surface area contributed by atoms with Crippen LogP contribution in [0, 0.1) is 5.92 Å². The van der Waals surface area contributed by atoms with Gasteiger partial charge in [0.1, 0.15) is 6.61 Å². The van der Waals surface area contributed by atoms with E-state index in [0.29, 0.717) is 13.2 Å². The number of hydrogen-bond acceptors (Lipinski definition) is 4. The number of hydrogen-bond donors (Lipinski definition) is 0. The van der Waals surface area contributed by atoms with Crippen LogP contribution in [0.3, 0.4) is 0 Å². The second-order valence-corrected chi connectivity index (χ2v) is 6.32. The van der Waals surface area contributed by atoms with Crippen molar-refractivity contribution in [3.05, 3.63) is 72.4 Å². The van der Waals surface area contributed by atoms with E-state index in [1.807, 2.05) is 71.5 Å². The van der Waals surface area contributed by atoms with E-state index in [1.54, 1.807) is 0 Å². The first-order valence-corrected chi connectivity index (χ1v) is 8.75. The number of aromatic nitrogens is 2. The van der Waals surface area contributed by atoms with Crippen LogP contribution in [0.5, 0.6) is 0 Å². The van der Waals surface area contributed by atoms with E-state index in [0.717, 1.165) is 28.9 Å². The monoisotopic (exact) mass is 348 g/mol. The maximum Gasteiger partial charge on any atom is 0.311 e. The normalized spacial score (nSPS) is 16.5. The highest BCUT2D eigenvalue weighted by atomic mass is 16.5. The molecule has 0 spiro atoms. The van der Waals surface area contributed by atoms with Crippen LogP contribution in [-0.2, 0) is 20.9 Å². The molecule has 1 saturated heterocycles. The van der Waals surface area contributed by atoms with Crippen molar-refractivity contribution in [1.82, 2.24) is 9.78 Å². The summed E-state index contributed by atoms with van der Waals surface area (Å²) in [6.45, 7) is 1.28.